The highest BCUT2D eigenvalue weighted by atomic mass is 16.5. The first-order valence-electron chi connectivity index (χ1n) is 6.90. The second-order valence-corrected chi connectivity index (χ2v) is 4.98. The van der Waals surface area contributed by atoms with Crippen LogP contribution in [0.4, 0.5) is 5.82 Å². The van der Waals surface area contributed by atoms with Crippen molar-refractivity contribution >= 4 is 5.82 Å². The molecule has 0 bridgehead atoms. The van der Waals surface area contributed by atoms with E-state index in [1.807, 2.05) is 13.8 Å². The predicted molar refractivity (Wildman–Crippen MR) is 72.3 cm³/mol. The van der Waals surface area contributed by atoms with Crippen LogP contribution in [0, 0.1) is 6.92 Å². The zero-order valence-corrected chi connectivity index (χ0v) is 11.6. The van der Waals surface area contributed by atoms with Crippen LogP contribution in [0.3, 0.4) is 0 Å². The molecule has 0 spiro atoms. The van der Waals surface area contributed by atoms with E-state index >= 15 is 0 Å². The summed E-state index contributed by atoms with van der Waals surface area (Å²) in [4.78, 5) is 9.18. The van der Waals surface area contributed by atoms with Crippen LogP contribution in [-0.4, -0.2) is 16.6 Å². The van der Waals surface area contributed by atoms with E-state index in [4.69, 9.17) is 10.5 Å². The zero-order valence-electron chi connectivity index (χ0n) is 11.6. The molecule has 18 heavy (non-hydrogen) atoms. The molecule has 0 aliphatic heterocycles. The number of nitrogens with two attached hydrogens (primary N) is 1. The predicted octanol–water partition coefficient (Wildman–Crippen LogP) is 2.74. The molecule has 0 aromatic carbocycles. The van der Waals surface area contributed by atoms with Gasteiger partial charge in [-0.2, -0.15) is 0 Å². The average Bonchev–Trinajstić information content (AvgIpc) is 2.79. The Morgan fingerprint density at radius 3 is 2.39 bits per heavy atom. The standard InChI is InChI=1S/C14H23N3O/c1-4-11-10(3)16-13(17-12(11)15)14(18-5-2)8-6-7-9-14/h4-9H2,1-3H3,(H2,15,16,17). The van der Waals surface area contributed by atoms with Gasteiger partial charge in [0.25, 0.3) is 0 Å². The molecule has 1 aliphatic rings. The number of nitrogens with zero attached hydrogens (tertiary/aromatic N) is 2. The topological polar surface area (TPSA) is 61.0 Å². The maximum atomic E-state index is 6.05. The fraction of sp³-hybridized carbons (Fsp3) is 0.714. The third-order valence-corrected chi connectivity index (χ3v) is 3.84. The van der Waals surface area contributed by atoms with Crippen LogP contribution in [0.2, 0.25) is 0 Å². The van der Waals surface area contributed by atoms with Crippen LogP contribution in [-0.2, 0) is 16.8 Å². The summed E-state index contributed by atoms with van der Waals surface area (Å²) >= 11 is 0. The van der Waals surface area contributed by atoms with Crippen molar-refractivity contribution in [3.63, 3.8) is 0 Å². The Kier molecular flexibility index (Phi) is 3.85. The van der Waals surface area contributed by atoms with E-state index in [-0.39, 0.29) is 5.60 Å². The van der Waals surface area contributed by atoms with Gasteiger partial charge in [0.1, 0.15) is 11.4 Å². The summed E-state index contributed by atoms with van der Waals surface area (Å²) in [5, 5.41) is 0. The van der Waals surface area contributed by atoms with E-state index < -0.39 is 0 Å². The van der Waals surface area contributed by atoms with Crippen LogP contribution >= 0.6 is 0 Å². The Morgan fingerprint density at radius 2 is 1.89 bits per heavy atom. The number of rotatable bonds is 4. The zero-order chi connectivity index (χ0) is 13.2. The molecule has 1 aliphatic carbocycles. The molecule has 100 valence electrons. The van der Waals surface area contributed by atoms with Gasteiger partial charge in [0.05, 0.1) is 0 Å². The lowest BCUT2D eigenvalue weighted by Gasteiger charge is -2.28. The number of aryl methyl sites for hydroxylation is 1. The van der Waals surface area contributed by atoms with E-state index in [0.29, 0.717) is 12.4 Å². The van der Waals surface area contributed by atoms with Crippen LogP contribution in [0.15, 0.2) is 0 Å². The third-order valence-electron chi connectivity index (χ3n) is 3.84. The average molecular weight is 249 g/mol. The highest BCUT2D eigenvalue weighted by Gasteiger charge is 2.39. The molecule has 0 amide bonds. The van der Waals surface area contributed by atoms with Gasteiger partial charge in [-0.15, -0.1) is 0 Å². The lowest BCUT2D eigenvalue weighted by Crippen LogP contribution is -2.30. The first-order chi connectivity index (χ1) is 8.63. The molecule has 0 atom stereocenters. The molecule has 1 heterocycles. The van der Waals surface area contributed by atoms with Crippen molar-refractivity contribution in [2.75, 3.05) is 12.3 Å². The Balaban J connectivity index is 2.43. The van der Waals surface area contributed by atoms with Gasteiger partial charge in [-0.25, -0.2) is 9.97 Å². The molecule has 2 rings (SSSR count). The van der Waals surface area contributed by atoms with Gasteiger partial charge in [-0.1, -0.05) is 6.92 Å². The van der Waals surface area contributed by atoms with Crippen LogP contribution < -0.4 is 5.73 Å². The minimum absolute atomic E-state index is 0.292. The minimum atomic E-state index is -0.292. The Morgan fingerprint density at radius 1 is 1.22 bits per heavy atom. The maximum absolute atomic E-state index is 6.05. The van der Waals surface area contributed by atoms with Crippen molar-refractivity contribution in [2.45, 2.75) is 58.5 Å². The quantitative estimate of drug-likeness (QED) is 0.891. The molecule has 4 nitrogen and oxygen atoms in total. The molecule has 1 aromatic heterocycles. The van der Waals surface area contributed by atoms with Gasteiger partial charge in [-0.05, 0) is 46.0 Å². The molecule has 1 saturated carbocycles. The molecule has 0 radical (unpaired) electrons. The van der Waals surface area contributed by atoms with E-state index in [0.717, 1.165) is 36.3 Å². The van der Waals surface area contributed by atoms with Crippen molar-refractivity contribution in [3.05, 3.63) is 17.1 Å². The number of hydrogen-bond acceptors (Lipinski definition) is 4. The van der Waals surface area contributed by atoms with E-state index in [1.165, 1.54) is 12.8 Å². The van der Waals surface area contributed by atoms with Crippen molar-refractivity contribution in [1.29, 1.82) is 0 Å². The smallest absolute Gasteiger partial charge is 0.162 e. The van der Waals surface area contributed by atoms with Crippen molar-refractivity contribution in [1.82, 2.24) is 9.97 Å². The first kappa shape index (κ1) is 13.3. The summed E-state index contributed by atoms with van der Waals surface area (Å²) in [6, 6.07) is 0. The fourth-order valence-electron chi connectivity index (χ4n) is 2.91. The normalized spacial score (nSPS) is 18.2. The van der Waals surface area contributed by atoms with Gasteiger partial charge in [0.15, 0.2) is 5.82 Å². The van der Waals surface area contributed by atoms with Gasteiger partial charge < -0.3 is 10.5 Å². The molecule has 0 saturated heterocycles. The van der Waals surface area contributed by atoms with Crippen molar-refractivity contribution in [3.8, 4) is 0 Å². The molecule has 1 fully saturated rings. The maximum Gasteiger partial charge on any atom is 0.162 e. The number of nitrogen functional groups attached to an aromatic ring is 1. The Labute approximate surface area is 109 Å². The van der Waals surface area contributed by atoms with Crippen LogP contribution in [0.5, 0.6) is 0 Å². The fourth-order valence-corrected chi connectivity index (χ4v) is 2.91. The van der Waals surface area contributed by atoms with Crippen molar-refractivity contribution in [2.24, 2.45) is 0 Å². The van der Waals surface area contributed by atoms with E-state index in [2.05, 4.69) is 16.9 Å². The van der Waals surface area contributed by atoms with Gasteiger partial charge in [0, 0.05) is 17.9 Å². The van der Waals surface area contributed by atoms with E-state index in [9.17, 15) is 0 Å². The second-order valence-electron chi connectivity index (χ2n) is 4.98. The minimum Gasteiger partial charge on any atom is -0.383 e. The summed E-state index contributed by atoms with van der Waals surface area (Å²) in [5.41, 5.74) is 7.81. The highest BCUT2D eigenvalue weighted by Crippen LogP contribution is 2.41. The Hall–Kier alpha value is -1.16. The van der Waals surface area contributed by atoms with Crippen molar-refractivity contribution < 1.29 is 4.74 Å². The Bertz CT molecular complexity index is 402. The second kappa shape index (κ2) is 5.22. The molecular weight excluding hydrogens is 226 g/mol. The largest absolute Gasteiger partial charge is 0.383 e. The number of aromatic nitrogens is 2. The number of ether oxygens (including phenoxy) is 1. The molecule has 1 aromatic rings. The van der Waals surface area contributed by atoms with Gasteiger partial charge in [-0.3, -0.25) is 0 Å². The summed E-state index contributed by atoms with van der Waals surface area (Å²) in [6.45, 7) is 6.80. The number of hydrogen-bond donors (Lipinski definition) is 1. The van der Waals surface area contributed by atoms with Gasteiger partial charge in [0.2, 0.25) is 0 Å². The molecule has 0 unspecified atom stereocenters. The van der Waals surface area contributed by atoms with Crippen LogP contribution in [0.1, 0.15) is 56.6 Å². The lowest BCUT2D eigenvalue weighted by atomic mass is 10.00. The summed E-state index contributed by atoms with van der Waals surface area (Å²) in [6.07, 6.45) is 5.24. The molecular formula is C14H23N3O. The first-order valence-corrected chi connectivity index (χ1v) is 6.90. The monoisotopic (exact) mass is 249 g/mol. The SMILES string of the molecule is CCOC1(c2nc(C)c(CC)c(N)n2)CCCC1. The number of anilines is 1. The summed E-state index contributed by atoms with van der Waals surface area (Å²) < 4.78 is 5.98. The molecule has 2 N–H and O–H groups in total. The summed E-state index contributed by atoms with van der Waals surface area (Å²) in [5.74, 6) is 1.40. The molecule has 4 heteroatoms. The van der Waals surface area contributed by atoms with E-state index in [1.54, 1.807) is 0 Å². The lowest BCUT2D eigenvalue weighted by molar-refractivity contribution is -0.0457. The van der Waals surface area contributed by atoms with Crippen LogP contribution in [0.25, 0.3) is 0 Å². The summed E-state index contributed by atoms with van der Waals surface area (Å²) in [7, 11) is 0. The highest BCUT2D eigenvalue weighted by molar-refractivity contribution is 5.42. The van der Waals surface area contributed by atoms with Gasteiger partial charge >= 0.3 is 0 Å². The third kappa shape index (κ3) is 2.21.